The number of rotatable bonds is 6. The average molecular weight is 269 g/mol. The Hall–Kier alpha value is -1.36. The quantitative estimate of drug-likeness (QED) is 0.746. The van der Waals surface area contributed by atoms with E-state index in [1.165, 1.54) is 18.4 Å². The van der Waals surface area contributed by atoms with E-state index in [1.54, 1.807) is 12.1 Å². The van der Waals surface area contributed by atoms with Gasteiger partial charge in [0.15, 0.2) is 0 Å². The maximum Gasteiger partial charge on any atom is 0.348 e. The van der Waals surface area contributed by atoms with E-state index < -0.39 is 5.97 Å². The van der Waals surface area contributed by atoms with Gasteiger partial charge in [0.25, 0.3) is 5.91 Å². The van der Waals surface area contributed by atoms with E-state index in [0.29, 0.717) is 9.75 Å². The Morgan fingerprint density at radius 3 is 2.22 bits per heavy atom. The molecule has 1 aromatic rings. The Bertz CT molecular complexity index is 408. The fourth-order valence-electron chi connectivity index (χ4n) is 1.67. The van der Waals surface area contributed by atoms with Crippen molar-refractivity contribution in [1.29, 1.82) is 0 Å². The topological polar surface area (TPSA) is 46.6 Å². The van der Waals surface area contributed by atoms with Gasteiger partial charge in [-0.3, -0.25) is 4.79 Å². The van der Waals surface area contributed by atoms with Gasteiger partial charge in [-0.2, -0.15) is 0 Å². The van der Waals surface area contributed by atoms with Crippen LogP contribution >= 0.6 is 11.3 Å². The SMILES string of the molecule is CCCN(CCC)C(=O)c1ccc(C(=O)OC)s1. The van der Waals surface area contributed by atoms with Crippen LogP contribution in [0.2, 0.25) is 0 Å². The van der Waals surface area contributed by atoms with Crippen LogP contribution in [0.15, 0.2) is 12.1 Å². The van der Waals surface area contributed by atoms with Gasteiger partial charge in [-0.1, -0.05) is 13.8 Å². The molecule has 0 aliphatic rings. The van der Waals surface area contributed by atoms with Crippen molar-refractivity contribution >= 4 is 23.2 Å². The third kappa shape index (κ3) is 3.57. The van der Waals surface area contributed by atoms with E-state index in [4.69, 9.17) is 0 Å². The molecule has 1 aromatic heterocycles. The number of nitrogens with zero attached hydrogens (tertiary/aromatic N) is 1. The lowest BCUT2D eigenvalue weighted by Gasteiger charge is -2.20. The standard InChI is InChI=1S/C13H19NO3S/c1-4-8-14(9-5-2)12(15)10-6-7-11(18-10)13(16)17-3/h6-7H,4-5,8-9H2,1-3H3. The first kappa shape index (κ1) is 14.7. The number of carbonyl (C=O) groups is 2. The molecule has 0 fully saturated rings. The smallest absolute Gasteiger partial charge is 0.348 e. The lowest BCUT2D eigenvalue weighted by Crippen LogP contribution is -2.31. The number of amides is 1. The maximum atomic E-state index is 12.2. The summed E-state index contributed by atoms with van der Waals surface area (Å²) in [5.41, 5.74) is 0. The molecular formula is C13H19NO3S. The minimum Gasteiger partial charge on any atom is -0.465 e. The molecule has 0 saturated carbocycles. The normalized spacial score (nSPS) is 10.2. The molecule has 100 valence electrons. The zero-order chi connectivity index (χ0) is 13.5. The summed E-state index contributed by atoms with van der Waals surface area (Å²) in [7, 11) is 1.34. The summed E-state index contributed by atoms with van der Waals surface area (Å²) >= 11 is 1.19. The number of methoxy groups -OCH3 is 1. The predicted octanol–water partition coefficient (Wildman–Crippen LogP) is 2.80. The Morgan fingerprint density at radius 2 is 1.72 bits per heavy atom. The fourth-order valence-corrected chi connectivity index (χ4v) is 2.57. The van der Waals surface area contributed by atoms with Gasteiger partial charge in [0.05, 0.1) is 12.0 Å². The molecule has 4 nitrogen and oxygen atoms in total. The van der Waals surface area contributed by atoms with Crippen molar-refractivity contribution < 1.29 is 14.3 Å². The summed E-state index contributed by atoms with van der Waals surface area (Å²) in [5.74, 6) is -0.393. The third-order valence-electron chi connectivity index (χ3n) is 2.48. The zero-order valence-corrected chi connectivity index (χ0v) is 11.9. The Balaban J connectivity index is 2.81. The first-order chi connectivity index (χ1) is 8.63. The summed E-state index contributed by atoms with van der Waals surface area (Å²) in [6, 6.07) is 3.33. The van der Waals surface area contributed by atoms with Crippen LogP contribution in [0.3, 0.4) is 0 Å². The van der Waals surface area contributed by atoms with Gasteiger partial charge in [-0.25, -0.2) is 4.79 Å². The minimum absolute atomic E-state index is 0.00106. The van der Waals surface area contributed by atoms with Crippen molar-refractivity contribution in [3.8, 4) is 0 Å². The van der Waals surface area contributed by atoms with Crippen molar-refractivity contribution in [2.24, 2.45) is 0 Å². The van der Waals surface area contributed by atoms with Crippen molar-refractivity contribution in [1.82, 2.24) is 4.90 Å². The molecule has 0 bridgehead atoms. The second-order valence-electron chi connectivity index (χ2n) is 3.95. The molecule has 0 aromatic carbocycles. The summed E-state index contributed by atoms with van der Waals surface area (Å²) < 4.78 is 4.63. The highest BCUT2D eigenvalue weighted by Gasteiger charge is 2.18. The van der Waals surface area contributed by atoms with Gasteiger partial charge >= 0.3 is 5.97 Å². The van der Waals surface area contributed by atoms with E-state index in [2.05, 4.69) is 4.74 Å². The predicted molar refractivity (Wildman–Crippen MR) is 72.1 cm³/mol. The van der Waals surface area contributed by atoms with Crippen molar-refractivity contribution in [3.05, 3.63) is 21.9 Å². The highest BCUT2D eigenvalue weighted by atomic mass is 32.1. The summed E-state index contributed by atoms with van der Waals surface area (Å²) in [6.07, 6.45) is 1.86. The van der Waals surface area contributed by atoms with Gasteiger partial charge in [0, 0.05) is 13.1 Å². The monoisotopic (exact) mass is 269 g/mol. The largest absolute Gasteiger partial charge is 0.465 e. The van der Waals surface area contributed by atoms with Gasteiger partial charge in [0.1, 0.15) is 4.88 Å². The van der Waals surface area contributed by atoms with Crippen LogP contribution in [0.4, 0.5) is 0 Å². The summed E-state index contributed by atoms with van der Waals surface area (Å²) in [6.45, 7) is 5.59. The van der Waals surface area contributed by atoms with Crippen LogP contribution in [0.25, 0.3) is 0 Å². The molecule has 0 unspecified atom stereocenters. The molecule has 18 heavy (non-hydrogen) atoms. The highest BCUT2D eigenvalue weighted by Crippen LogP contribution is 2.19. The molecule has 5 heteroatoms. The Kier molecular flexibility index (Phi) is 5.85. The van der Waals surface area contributed by atoms with Crippen LogP contribution in [0, 0.1) is 0 Å². The molecule has 0 radical (unpaired) electrons. The van der Waals surface area contributed by atoms with Crippen LogP contribution in [-0.4, -0.2) is 37.0 Å². The molecule has 1 heterocycles. The van der Waals surface area contributed by atoms with Crippen molar-refractivity contribution in [2.45, 2.75) is 26.7 Å². The molecule has 0 N–H and O–H groups in total. The Morgan fingerprint density at radius 1 is 1.17 bits per heavy atom. The van der Waals surface area contributed by atoms with Crippen LogP contribution in [0.5, 0.6) is 0 Å². The molecule has 0 saturated heterocycles. The lowest BCUT2D eigenvalue weighted by atomic mass is 10.3. The summed E-state index contributed by atoms with van der Waals surface area (Å²) in [4.78, 5) is 26.5. The molecule has 0 atom stereocenters. The lowest BCUT2D eigenvalue weighted by molar-refractivity contribution is 0.0606. The average Bonchev–Trinajstić information content (AvgIpc) is 2.86. The third-order valence-corrected chi connectivity index (χ3v) is 3.53. The van der Waals surface area contributed by atoms with E-state index in [-0.39, 0.29) is 5.91 Å². The molecule has 0 aliphatic carbocycles. The molecular weight excluding hydrogens is 250 g/mol. The first-order valence-corrected chi connectivity index (χ1v) is 6.93. The molecule has 0 aliphatic heterocycles. The van der Waals surface area contributed by atoms with E-state index in [9.17, 15) is 9.59 Å². The van der Waals surface area contributed by atoms with Crippen molar-refractivity contribution in [2.75, 3.05) is 20.2 Å². The number of thiophene rings is 1. The summed E-state index contributed by atoms with van der Waals surface area (Å²) in [5, 5.41) is 0. The van der Waals surface area contributed by atoms with Crippen molar-refractivity contribution in [3.63, 3.8) is 0 Å². The second-order valence-corrected chi connectivity index (χ2v) is 5.03. The maximum absolute atomic E-state index is 12.2. The van der Waals surface area contributed by atoms with Crippen LogP contribution in [0.1, 0.15) is 46.0 Å². The van der Waals surface area contributed by atoms with E-state index in [0.717, 1.165) is 25.9 Å². The number of ether oxygens (including phenoxy) is 1. The number of esters is 1. The molecule has 0 spiro atoms. The highest BCUT2D eigenvalue weighted by molar-refractivity contribution is 7.15. The fraction of sp³-hybridized carbons (Fsp3) is 0.538. The van der Waals surface area contributed by atoms with E-state index in [1.807, 2.05) is 18.7 Å². The number of carbonyl (C=O) groups excluding carboxylic acids is 2. The number of hydrogen-bond donors (Lipinski definition) is 0. The first-order valence-electron chi connectivity index (χ1n) is 6.11. The van der Waals surface area contributed by atoms with Crippen LogP contribution in [-0.2, 0) is 4.74 Å². The van der Waals surface area contributed by atoms with Gasteiger partial charge in [-0.15, -0.1) is 11.3 Å². The number of hydrogen-bond acceptors (Lipinski definition) is 4. The molecule has 1 rings (SSSR count). The molecule has 1 amide bonds. The van der Waals surface area contributed by atoms with Gasteiger partial charge in [-0.05, 0) is 25.0 Å². The van der Waals surface area contributed by atoms with E-state index >= 15 is 0 Å². The minimum atomic E-state index is -0.392. The van der Waals surface area contributed by atoms with Crippen LogP contribution < -0.4 is 0 Å². The van der Waals surface area contributed by atoms with Gasteiger partial charge in [0.2, 0.25) is 0 Å². The Labute approximate surface area is 112 Å². The zero-order valence-electron chi connectivity index (χ0n) is 11.1. The second kappa shape index (κ2) is 7.16. The van der Waals surface area contributed by atoms with Gasteiger partial charge < -0.3 is 9.64 Å².